The molecule has 0 aliphatic heterocycles. The Balaban J connectivity index is 1.71. The Morgan fingerprint density at radius 1 is 0.583 bits per heavy atom. The van der Waals surface area contributed by atoms with E-state index in [0.717, 1.165) is 17.6 Å². The Morgan fingerprint density at radius 3 is 2.33 bits per heavy atom. The van der Waals surface area contributed by atoms with E-state index < -0.39 is 0 Å². The highest BCUT2D eigenvalue weighted by Gasteiger charge is 2.10. The minimum absolute atomic E-state index is 0.925. The van der Waals surface area contributed by atoms with Crippen LogP contribution in [-0.4, -0.2) is 0 Å². The summed E-state index contributed by atoms with van der Waals surface area (Å²) >= 11 is 0. The highest BCUT2D eigenvalue weighted by atomic mass is 16.3. The van der Waals surface area contributed by atoms with Gasteiger partial charge in [-0.25, -0.2) is 0 Å². The first-order valence-corrected chi connectivity index (χ1v) is 8.25. The monoisotopic (exact) mass is 308 g/mol. The maximum Gasteiger partial charge on any atom is 0.136 e. The summed E-state index contributed by atoms with van der Waals surface area (Å²) in [7, 11) is 0. The van der Waals surface area contributed by atoms with Gasteiger partial charge in [0.25, 0.3) is 0 Å². The lowest BCUT2D eigenvalue weighted by Crippen LogP contribution is -1.86. The molecule has 1 aromatic heterocycles. The summed E-state index contributed by atoms with van der Waals surface area (Å²) in [5, 5.41) is 4.92. The van der Waals surface area contributed by atoms with Gasteiger partial charge in [-0.1, -0.05) is 72.8 Å². The fourth-order valence-electron chi connectivity index (χ4n) is 3.53. The van der Waals surface area contributed by atoms with Crippen molar-refractivity contribution in [2.45, 2.75) is 6.42 Å². The maximum absolute atomic E-state index is 6.14. The smallest absolute Gasteiger partial charge is 0.136 e. The standard InChI is InChI=1S/C23H16O/c1-2-6-16(7-3-1)14-17-10-12-20-22(15-17)24-21-13-11-18-8-4-5-9-19(18)23(20)21/h1-13,15H,14H2. The van der Waals surface area contributed by atoms with Crippen molar-refractivity contribution >= 4 is 32.7 Å². The van der Waals surface area contributed by atoms with E-state index in [1.54, 1.807) is 0 Å². The fraction of sp³-hybridized carbons (Fsp3) is 0.0435. The van der Waals surface area contributed by atoms with E-state index in [-0.39, 0.29) is 0 Å². The summed E-state index contributed by atoms with van der Waals surface area (Å²) in [6, 6.07) is 29.8. The summed E-state index contributed by atoms with van der Waals surface area (Å²) in [5.41, 5.74) is 4.52. The van der Waals surface area contributed by atoms with Gasteiger partial charge in [-0.2, -0.15) is 0 Å². The summed E-state index contributed by atoms with van der Waals surface area (Å²) in [5.74, 6) is 0. The van der Waals surface area contributed by atoms with Gasteiger partial charge in [0.1, 0.15) is 11.2 Å². The van der Waals surface area contributed by atoms with E-state index in [2.05, 4.69) is 84.9 Å². The van der Waals surface area contributed by atoms with Crippen LogP contribution in [0.15, 0.2) is 89.3 Å². The van der Waals surface area contributed by atoms with Gasteiger partial charge in [0.2, 0.25) is 0 Å². The second-order valence-corrected chi connectivity index (χ2v) is 6.25. The molecule has 0 saturated heterocycles. The summed E-state index contributed by atoms with van der Waals surface area (Å²) in [6.45, 7) is 0. The van der Waals surface area contributed by atoms with Crippen molar-refractivity contribution in [3.8, 4) is 0 Å². The number of furan rings is 1. The normalized spacial score (nSPS) is 11.5. The van der Waals surface area contributed by atoms with E-state index in [4.69, 9.17) is 4.42 Å². The van der Waals surface area contributed by atoms with Crippen LogP contribution in [0.25, 0.3) is 32.7 Å². The molecule has 0 aliphatic carbocycles. The topological polar surface area (TPSA) is 13.1 Å². The van der Waals surface area contributed by atoms with Crippen molar-refractivity contribution < 1.29 is 4.42 Å². The van der Waals surface area contributed by atoms with E-state index in [1.807, 2.05) is 0 Å². The molecule has 1 heteroatoms. The first-order chi connectivity index (χ1) is 11.9. The van der Waals surface area contributed by atoms with E-state index in [1.165, 1.54) is 32.7 Å². The van der Waals surface area contributed by atoms with Gasteiger partial charge in [0.05, 0.1) is 0 Å². The number of benzene rings is 4. The molecule has 0 amide bonds. The molecule has 1 nitrogen and oxygen atoms in total. The summed E-state index contributed by atoms with van der Waals surface area (Å²) < 4.78 is 6.14. The van der Waals surface area contributed by atoms with E-state index in [0.29, 0.717) is 0 Å². The Morgan fingerprint density at radius 2 is 1.42 bits per heavy atom. The van der Waals surface area contributed by atoms with Crippen LogP contribution in [0.2, 0.25) is 0 Å². The summed E-state index contributed by atoms with van der Waals surface area (Å²) in [4.78, 5) is 0. The zero-order chi connectivity index (χ0) is 15.9. The van der Waals surface area contributed by atoms with E-state index in [9.17, 15) is 0 Å². The second kappa shape index (κ2) is 5.24. The molecule has 1 heterocycles. The quantitative estimate of drug-likeness (QED) is 0.371. The third-order valence-electron chi connectivity index (χ3n) is 4.68. The third kappa shape index (κ3) is 2.10. The van der Waals surface area contributed by atoms with Crippen molar-refractivity contribution in [3.05, 3.63) is 96.1 Å². The van der Waals surface area contributed by atoms with E-state index >= 15 is 0 Å². The van der Waals surface area contributed by atoms with Gasteiger partial charge in [-0.15, -0.1) is 0 Å². The first-order valence-electron chi connectivity index (χ1n) is 8.25. The lowest BCUT2D eigenvalue weighted by molar-refractivity contribution is 0.668. The molecule has 0 spiro atoms. The minimum Gasteiger partial charge on any atom is -0.456 e. The fourth-order valence-corrected chi connectivity index (χ4v) is 3.53. The van der Waals surface area contributed by atoms with Crippen LogP contribution < -0.4 is 0 Å². The van der Waals surface area contributed by atoms with Gasteiger partial charge in [0.15, 0.2) is 0 Å². The molecular weight excluding hydrogens is 292 g/mol. The van der Waals surface area contributed by atoms with Crippen LogP contribution in [0.3, 0.4) is 0 Å². The van der Waals surface area contributed by atoms with Crippen molar-refractivity contribution in [2.24, 2.45) is 0 Å². The molecule has 5 rings (SSSR count). The number of fused-ring (bicyclic) bond motifs is 5. The van der Waals surface area contributed by atoms with Gasteiger partial charge in [0, 0.05) is 10.8 Å². The molecule has 5 aromatic rings. The number of hydrogen-bond acceptors (Lipinski definition) is 1. The average Bonchev–Trinajstić information content (AvgIpc) is 3.01. The molecule has 0 bridgehead atoms. The van der Waals surface area contributed by atoms with Crippen LogP contribution >= 0.6 is 0 Å². The molecular formula is C23H16O. The van der Waals surface area contributed by atoms with Gasteiger partial charge < -0.3 is 4.42 Å². The Hall–Kier alpha value is -3.06. The third-order valence-corrected chi connectivity index (χ3v) is 4.68. The molecule has 0 N–H and O–H groups in total. The van der Waals surface area contributed by atoms with Gasteiger partial charge in [-0.05, 0) is 40.5 Å². The van der Waals surface area contributed by atoms with Crippen LogP contribution in [0.1, 0.15) is 11.1 Å². The van der Waals surface area contributed by atoms with Crippen molar-refractivity contribution in [2.75, 3.05) is 0 Å². The van der Waals surface area contributed by atoms with Crippen molar-refractivity contribution in [1.29, 1.82) is 0 Å². The Bertz CT molecular complexity index is 1170. The predicted molar refractivity (Wildman–Crippen MR) is 100 cm³/mol. The highest BCUT2D eigenvalue weighted by Crippen LogP contribution is 2.35. The minimum atomic E-state index is 0.925. The average molecular weight is 308 g/mol. The van der Waals surface area contributed by atoms with Crippen LogP contribution in [-0.2, 0) is 6.42 Å². The first kappa shape index (κ1) is 13.4. The molecule has 0 aliphatic rings. The molecule has 4 aromatic carbocycles. The largest absolute Gasteiger partial charge is 0.456 e. The molecule has 0 atom stereocenters. The maximum atomic E-state index is 6.14. The SMILES string of the molecule is c1ccc(Cc2ccc3c(c2)oc2ccc4ccccc4c23)cc1. The zero-order valence-electron chi connectivity index (χ0n) is 13.2. The van der Waals surface area contributed by atoms with Gasteiger partial charge in [-0.3, -0.25) is 0 Å². The lowest BCUT2D eigenvalue weighted by atomic mass is 10.0. The van der Waals surface area contributed by atoms with Crippen LogP contribution in [0, 0.1) is 0 Å². The molecule has 0 saturated carbocycles. The van der Waals surface area contributed by atoms with Gasteiger partial charge >= 0.3 is 0 Å². The van der Waals surface area contributed by atoms with Crippen LogP contribution in [0.4, 0.5) is 0 Å². The summed E-state index contributed by atoms with van der Waals surface area (Å²) in [6.07, 6.45) is 0.925. The highest BCUT2D eigenvalue weighted by molar-refractivity contribution is 6.18. The second-order valence-electron chi connectivity index (χ2n) is 6.25. The van der Waals surface area contributed by atoms with Crippen molar-refractivity contribution in [1.82, 2.24) is 0 Å². The molecule has 114 valence electrons. The molecule has 0 unspecified atom stereocenters. The van der Waals surface area contributed by atoms with Crippen molar-refractivity contribution in [3.63, 3.8) is 0 Å². The Labute approximate surface area is 140 Å². The number of hydrogen-bond donors (Lipinski definition) is 0. The molecule has 24 heavy (non-hydrogen) atoms. The Kier molecular flexibility index (Phi) is 2.92. The van der Waals surface area contributed by atoms with Crippen LogP contribution in [0.5, 0.6) is 0 Å². The number of rotatable bonds is 2. The predicted octanol–water partition coefficient (Wildman–Crippen LogP) is 6.33. The molecule has 0 fully saturated rings. The lowest BCUT2D eigenvalue weighted by Gasteiger charge is -2.02. The zero-order valence-corrected chi connectivity index (χ0v) is 13.2. The molecule has 0 radical (unpaired) electrons.